The maximum atomic E-state index is 13.9. The number of benzene rings is 1. The molecule has 1 aromatic rings. The first-order valence-electron chi connectivity index (χ1n) is 6.20. The molecule has 106 valence electrons. The van der Waals surface area contributed by atoms with E-state index in [0.29, 0.717) is 5.69 Å². The van der Waals surface area contributed by atoms with Gasteiger partial charge < -0.3 is 10.6 Å². The molecule has 1 aromatic carbocycles. The highest BCUT2D eigenvalue weighted by Gasteiger charge is 2.21. The Kier molecular flexibility index (Phi) is 4.07. The van der Waals surface area contributed by atoms with E-state index < -0.39 is 15.8 Å². The van der Waals surface area contributed by atoms with Gasteiger partial charge in [-0.2, -0.15) is 0 Å². The van der Waals surface area contributed by atoms with Gasteiger partial charge in [-0.1, -0.05) is 0 Å². The summed E-state index contributed by atoms with van der Waals surface area (Å²) < 4.78 is 36.1. The van der Waals surface area contributed by atoms with E-state index >= 15 is 0 Å². The lowest BCUT2D eigenvalue weighted by molar-refractivity contribution is 0.388. The van der Waals surface area contributed by atoms with Crippen LogP contribution in [0.25, 0.3) is 0 Å². The van der Waals surface area contributed by atoms with Gasteiger partial charge in [-0.25, -0.2) is 17.9 Å². The topological polar surface area (TPSA) is 84.2 Å². The minimum atomic E-state index is -3.87. The lowest BCUT2D eigenvalue weighted by Crippen LogP contribution is -2.46. The molecule has 1 saturated heterocycles. The molecule has 4 N–H and O–H groups in total. The Balaban J connectivity index is 2.17. The van der Waals surface area contributed by atoms with Gasteiger partial charge >= 0.3 is 0 Å². The second-order valence-electron chi connectivity index (χ2n) is 4.82. The smallest absolute Gasteiger partial charge is 0.238 e. The molecule has 1 heterocycles. The average molecular weight is 287 g/mol. The second-order valence-corrected chi connectivity index (χ2v) is 6.38. The van der Waals surface area contributed by atoms with Crippen LogP contribution >= 0.6 is 0 Å². The molecule has 7 heteroatoms. The molecule has 19 heavy (non-hydrogen) atoms. The number of hydrogen-bond acceptors (Lipinski definition) is 4. The highest BCUT2D eigenvalue weighted by molar-refractivity contribution is 7.89. The first kappa shape index (κ1) is 14.2. The summed E-state index contributed by atoms with van der Waals surface area (Å²) >= 11 is 0. The third kappa shape index (κ3) is 3.43. The van der Waals surface area contributed by atoms with Crippen LogP contribution in [0.4, 0.5) is 10.1 Å². The number of nitrogens with two attached hydrogens (primary N) is 1. The van der Waals surface area contributed by atoms with Crippen LogP contribution in [-0.2, 0) is 10.0 Å². The van der Waals surface area contributed by atoms with E-state index in [1.165, 1.54) is 12.1 Å². The molecule has 1 fully saturated rings. The van der Waals surface area contributed by atoms with E-state index in [4.69, 9.17) is 5.14 Å². The third-order valence-corrected chi connectivity index (χ3v) is 4.28. The zero-order chi connectivity index (χ0) is 14.0. The molecule has 2 unspecified atom stereocenters. The Morgan fingerprint density at radius 2 is 2.21 bits per heavy atom. The van der Waals surface area contributed by atoms with E-state index in [1.54, 1.807) is 0 Å². The molecular weight excluding hydrogens is 269 g/mol. The standard InChI is InChI=1S/C12H18FN3O2S/c1-8-11(3-2-6-15-8)16-12-5-4-9(7-10(12)13)19(14,17)18/h4-5,7-8,11,15-16H,2-3,6H2,1H3,(H2,14,17,18). The fraction of sp³-hybridized carbons (Fsp3) is 0.500. The number of piperidine rings is 1. The molecule has 0 bridgehead atoms. The molecule has 0 amide bonds. The van der Waals surface area contributed by atoms with Gasteiger partial charge in [-0.3, -0.25) is 0 Å². The van der Waals surface area contributed by atoms with Gasteiger partial charge in [0.15, 0.2) is 0 Å². The first-order valence-corrected chi connectivity index (χ1v) is 7.75. The molecule has 2 atom stereocenters. The van der Waals surface area contributed by atoms with Crippen LogP contribution in [0, 0.1) is 5.82 Å². The summed E-state index contributed by atoms with van der Waals surface area (Å²) in [5.41, 5.74) is 0.299. The van der Waals surface area contributed by atoms with Crippen LogP contribution in [0.2, 0.25) is 0 Å². The molecule has 0 spiro atoms. The van der Waals surface area contributed by atoms with E-state index in [2.05, 4.69) is 10.6 Å². The van der Waals surface area contributed by atoms with Crippen LogP contribution in [-0.4, -0.2) is 27.0 Å². The van der Waals surface area contributed by atoms with E-state index in [-0.39, 0.29) is 17.0 Å². The quantitative estimate of drug-likeness (QED) is 0.775. The highest BCUT2D eigenvalue weighted by Crippen LogP contribution is 2.21. The van der Waals surface area contributed by atoms with Crippen molar-refractivity contribution in [3.05, 3.63) is 24.0 Å². The SMILES string of the molecule is CC1NCCCC1Nc1ccc(S(N)(=O)=O)cc1F. The normalized spacial score (nSPS) is 24.2. The summed E-state index contributed by atoms with van der Waals surface area (Å²) in [5.74, 6) is -0.607. The number of rotatable bonds is 3. The summed E-state index contributed by atoms with van der Waals surface area (Å²) in [6, 6.07) is 4.03. The zero-order valence-electron chi connectivity index (χ0n) is 10.7. The summed E-state index contributed by atoms with van der Waals surface area (Å²) in [7, 11) is -3.87. The van der Waals surface area contributed by atoms with Crippen LogP contribution in [0.5, 0.6) is 0 Å². The number of primary sulfonamides is 1. The van der Waals surface area contributed by atoms with Crippen molar-refractivity contribution in [1.29, 1.82) is 0 Å². The van der Waals surface area contributed by atoms with Crippen molar-refractivity contribution in [2.75, 3.05) is 11.9 Å². The Morgan fingerprint density at radius 3 is 2.79 bits per heavy atom. The minimum Gasteiger partial charge on any atom is -0.378 e. The van der Waals surface area contributed by atoms with E-state index in [9.17, 15) is 12.8 Å². The van der Waals surface area contributed by atoms with Crippen molar-refractivity contribution in [1.82, 2.24) is 5.32 Å². The first-order chi connectivity index (χ1) is 8.88. The average Bonchev–Trinajstić information content (AvgIpc) is 2.33. The third-order valence-electron chi connectivity index (χ3n) is 3.37. The van der Waals surface area contributed by atoms with Crippen LogP contribution in [0.3, 0.4) is 0 Å². The van der Waals surface area contributed by atoms with Gasteiger partial charge in [-0.15, -0.1) is 0 Å². The Morgan fingerprint density at radius 1 is 1.47 bits per heavy atom. The van der Waals surface area contributed by atoms with Crippen molar-refractivity contribution in [3.8, 4) is 0 Å². The molecule has 0 radical (unpaired) electrons. The van der Waals surface area contributed by atoms with E-state index in [1.807, 2.05) is 6.92 Å². The van der Waals surface area contributed by atoms with Gasteiger partial charge in [0.2, 0.25) is 10.0 Å². The lowest BCUT2D eigenvalue weighted by atomic mass is 9.99. The lowest BCUT2D eigenvalue weighted by Gasteiger charge is -2.31. The van der Waals surface area contributed by atoms with Crippen molar-refractivity contribution >= 4 is 15.7 Å². The Hall–Kier alpha value is -1.18. The molecule has 0 aliphatic carbocycles. The molecule has 1 aliphatic heterocycles. The predicted molar refractivity (Wildman–Crippen MR) is 71.9 cm³/mol. The fourth-order valence-corrected chi connectivity index (χ4v) is 2.76. The van der Waals surface area contributed by atoms with Crippen LogP contribution < -0.4 is 15.8 Å². The Labute approximate surface area is 112 Å². The monoisotopic (exact) mass is 287 g/mol. The van der Waals surface area contributed by atoms with Crippen LogP contribution in [0.1, 0.15) is 19.8 Å². The summed E-state index contributed by atoms with van der Waals surface area (Å²) in [6.45, 7) is 3.00. The van der Waals surface area contributed by atoms with Gasteiger partial charge in [0.25, 0.3) is 0 Å². The van der Waals surface area contributed by atoms with Crippen molar-refractivity contribution in [2.45, 2.75) is 36.7 Å². The molecule has 1 aliphatic rings. The summed E-state index contributed by atoms with van der Waals surface area (Å²) in [4.78, 5) is -0.217. The van der Waals surface area contributed by atoms with Crippen molar-refractivity contribution < 1.29 is 12.8 Å². The van der Waals surface area contributed by atoms with Gasteiger partial charge in [-0.05, 0) is 44.5 Å². The van der Waals surface area contributed by atoms with E-state index in [0.717, 1.165) is 25.5 Å². The molecule has 5 nitrogen and oxygen atoms in total. The predicted octanol–water partition coefficient (Wildman–Crippen LogP) is 1.03. The number of halogens is 1. The highest BCUT2D eigenvalue weighted by atomic mass is 32.2. The minimum absolute atomic E-state index is 0.128. The summed E-state index contributed by atoms with van der Waals surface area (Å²) in [6.07, 6.45) is 1.98. The van der Waals surface area contributed by atoms with Gasteiger partial charge in [0.1, 0.15) is 5.82 Å². The molecule has 0 aromatic heterocycles. The van der Waals surface area contributed by atoms with Crippen molar-refractivity contribution in [3.63, 3.8) is 0 Å². The van der Waals surface area contributed by atoms with Crippen molar-refractivity contribution in [2.24, 2.45) is 5.14 Å². The second kappa shape index (κ2) is 5.44. The molecule has 0 saturated carbocycles. The van der Waals surface area contributed by atoms with Gasteiger partial charge in [0.05, 0.1) is 10.6 Å². The molecule has 2 rings (SSSR count). The maximum absolute atomic E-state index is 13.9. The summed E-state index contributed by atoms with van der Waals surface area (Å²) in [5, 5.41) is 11.4. The molecular formula is C12H18FN3O2S. The number of nitrogens with one attached hydrogen (secondary N) is 2. The number of sulfonamides is 1. The van der Waals surface area contributed by atoms with Gasteiger partial charge in [0, 0.05) is 12.1 Å². The Bertz CT molecular complexity index is 562. The van der Waals surface area contributed by atoms with Crippen LogP contribution in [0.15, 0.2) is 23.1 Å². The number of hydrogen-bond donors (Lipinski definition) is 3. The maximum Gasteiger partial charge on any atom is 0.238 e. The zero-order valence-corrected chi connectivity index (χ0v) is 11.5. The fourth-order valence-electron chi connectivity index (χ4n) is 2.23. The largest absolute Gasteiger partial charge is 0.378 e. The number of anilines is 1.